The van der Waals surface area contributed by atoms with E-state index in [0.29, 0.717) is 38.5 Å². The molecule has 8 bridgehead atoms. The van der Waals surface area contributed by atoms with Gasteiger partial charge in [-0.1, -0.05) is 27.0 Å². The number of hydrogen-bond donors (Lipinski definition) is 4. The second-order valence-corrected chi connectivity index (χ2v) is 17.9. The maximum Gasteiger partial charge on any atom is 0.308 e. The Morgan fingerprint density at radius 2 is 1.34 bits per heavy atom. The third-order valence-electron chi connectivity index (χ3n) is 14.0. The van der Waals surface area contributed by atoms with E-state index in [1.54, 1.807) is 0 Å². The smallest absolute Gasteiger partial charge is 0.308 e. The number of aliphatic hydroxyl groups excluding tert-OH is 4. The Morgan fingerprint density at radius 1 is 0.625 bits per heavy atom. The molecule has 14 heteroatoms. The van der Waals surface area contributed by atoms with Crippen LogP contribution in [0.15, 0.2) is 24.3 Å². The highest BCUT2D eigenvalue weighted by Crippen LogP contribution is 2.44. The lowest BCUT2D eigenvalue weighted by Crippen LogP contribution is -2.62. The number of hydrogen-bond acceptors (Lipinski definition) is 14. The summed E-state index contributed by atoms with van der Waals surface area (Å²) >= 11 is 0. The van der Waals surface area contributed by atoms with Crippen molar-refractivity contribution in [1.29, 1.82) is 0 Å². The summed E-state index contributed by atoms with van der Waals surface area (Å²) in [4.78, 5) is 27.0. The number of carbonyl (C=O) groups is 2. The van der Waals surface area contributed by atoms with E-state index in [4.69, 9.17) is 37.9 Å². The van der Waals surface area contributed by atoms with Gasteiger partial charge in [-0.3, -0.25) is 9.59 Å². The fraction of sp³-hybridized carbons (Fsp3) is 0.857. The summed E-state index contributed by atoms with van der Waals surface area (Å²) in [6, 6.07) is 0. The molecule has 0 radical (unpaired) electrons. The van der Waals surface area contributed by atoms with Crippen molar-refractivity contribution in [2.45, 2.75) is 207 Å². The molecule has 0 spiro atoms. The average molecular weight is 791 g/mol. The third-order valence-corrected chi connectivity index (χ3v) is 14.0. The minimum Gasteiger partial charge on any atom is -0.459 e. The first-order valence-corrected chi connectivity index (χ1v) is 21.2. The number of ketones is 1. The fourth-order valence-corrected chi connectivity index (χ4v) is 10.8. The highest BCUT2D eigenvalue weighted by Gasteiger charge is 2.57. The molecule has 8 saturated heterocycles. The number of aliphatic hydroxyl groups is 4. The standard InChI is InChI=1S/C42H62O14/c1-19-13-25-7-9-28-20(2)14-24(49-28)6-5-23(44)15-32-36(47)41-42(55-32)37(48)40-30(54-41)10-8-26(51-40)16-35(46)56-39-22(4)38-33(17-27(45)29(53-38)11-12-43)52-34(39)18-31(50-25)21(19)3/h19,22,24-34,36-43,45,47-48H,2-3,5-18H2,1,4H3/t19-,22+,24?,25+,26-,27-,28?,29-,30+,31?,32?,33+,34?,36+,37+,38+,39-,40+,41+,42+/m1/s1. The van der Waals surface area contributed by atoms with Gasteiger partial charge < -0.3 is 58.3 Å². The predicted molar refractivity (Wildman–Crippen MR) is 197 cm³/mol. The lowest BCUT2D eigenvalue weighted by Gasteiger charge is -2.51. The van der Waals surface area contributed by atoms with Crippen molar-refractivity contribution in [2.24, 2.45) is 11.8 Å². The summed E-state index contributed by atoms with van der Waals surface area (Å²) in [5.41, 5.74) is 1.97. The van der Waals surface area contributed by atoms with Crippen LogP contribution >= 0.6 is 0 Å². The summed E-state index contributed by atoms with van der Waals surface area (Å²) in [5, 5.41) is 43.2. The predicted octanol–water partition coefficient (Wildman–Crippen LogP) is 2.38. The number of fused-ring (bicyclic) bond motifs is 8. The topological polar surface area (TPSA) is 189 Å². The van der Waals surface area contributed by atoms with Crippen LogP contribution in [0.25, 0.3) is 0 Å². The SMILES string of the molecule is C=C1CC2CCC(=O)CC3O[C@H]4[C@@H](O)[C@H]5O[C@H](CC[C@@H]5O[C@H]4[C@H]3O)CC(=O)O[C@H]3C(CC4O[C@@H](CCC1O2)C[C@@H](C)C4=C)O[C@H]1C[C@@H](O)[C@@H](CCO)O[C@H]1[C@@H]3C. The van der Waals surface area contributed by atoms with Crippen LogP contribution < -0.4 is 0 Å². The zero-order valence-electron chi connectivity index (χ0n) is 32.7. The Balaban J connectivity index is 1.03. The molecule has 14 nitrogen and oxygen atoms in total. The minimum absolute atomic E-state index is 0.00469. The van der Waals surface area contributed by atoms with Crippen LogP contribution in [-0.4, -0.2) is 149 Å². The molecule has 0 aliphatic carbocycles. The summed E-state index contributed by atoms with van der Waals surface area (Å²) in [6.07, 6.45) is -5.21. The first-order valence-electron chi connectivity index (χ1n) is 21.2. The molecular weight excluding hydrogens is 728 g/mol. The zero-order valence-corrected chi connectivity index (χ0v) is 32.7. The molecule has 0 saturated carbocycles. The van der Waals surface area contributed by atoms with Crippen molar-refractivity contribution in [2.75, 3.05) is 6.61 Å². The monoisotopic (exact) mass is 790 g/mol. The third kappa shape index (κ3) is 8.32. The van der Waals surface area contributed by atoms with Gasteiger partial charge in [0.1, 0.15) is 42.4 Å². The molecule has 0 aromatic carbocycles. The quantitative estimate of drug-likeness (QED) is 0.236. The first-order chi connectivity index (χ1) is 26.9. The Morgan fingerprint density at radius 3 is 2.14 bits per heavy atom. The van der Waals surface area contributed by atoms with Crippen LogP contribution in [-0.2, 0) is 47.5 Å². The fourth-order valence-electron chi connectivity index (χ4n) is 10.8. The average Bonchev–Trinajstić information content (AvgIpc) is 3.68. The maximum absolute atomic E-state index is 13.9. The number of rotatable bonds is 2. The van der Waals surface area contributed by atoms with E-state index in [1.807, 2.05) is 6.92 Å². The Kier molecular flexibility index (Phi) is 12.5. The zero-order chi connectivity index (χ0) is 39.4. The van der Waals surface area contributed by atoms with Crippen molar-refractivity contribution in [1.82, 2.24) is 0 Å². The molecule has 20 atom stereocenters. The van der Waals surface area contributed by atoms with Crippen molar-refractivity contribution in [3.8, 4) is 0 Å². The lowest BCUT2D eigenvalue weighted by molar-refractivity contribution is -0.275. The summed E-state index contributed by atoms with van der Waals surface area (Å²) in [5.74, 6) is -0.665. The van der Waals surface area contributed by atoms with Gasteiger partial charge >= 0.3 is 5.97 Å². The molecule has 8 aliphatic heterocycles. The van der Waals surface area contributed by atoms with E-state index in [1.165, 1.54) is 0 Å². The molecular formula is C42H62O14. The summed E-state index contributed by atoms with van der Waals surface area (Å²) < 4.78 is 51.3. The van der Waals surface area contributed by atoms with Crippen molar-refractivity contribution >= 4 is 11.8 Å². The van der Waals surface area contributed by atoms with Gasteiger partial charge in [0.25, 0.3) is 0 Å². The lowest BCUT2D eigenvalue weighted by atomic mass is 9.79. The van der Waals surface area contributed by atoms with Crippen molar-refractivity contribution in [3.63, 3.8) is 0 Å². The highest BCUT2D eigenvalue weighted by atomic mass is 16.6. The molecule has 8 heterocycles. The number of ether oxygens (including phenoxy) is 8. The van der Waals surface area contributed by atoms with E-state index in [0.717, 1.165) is 30.4 Å². The Bertz CT molecular complexity index is 1460. The van der Waals surface area contributed by atoms with Crippen LogP contribution in [0.3, 0.4) is 0 Å². The number of Topliss-reactive ketones (excluding diaryl/α,β-unsaturated/α-hetero) is 1. The maximum atomic E-state index is 13.9. The van der Waals surface area contributed by atoms with Crippen LogP contribution in [0.5, 0.6) is 0 Å². The number of esters is 1. The molecule has 4 N–H and O–H groups in total. The van der Waals surface area contributed by atoms with Crippen LogP contribution in [0, 0.1) is 11.8 Å². The van der Waals surface area contributed by atoms with E-state index in [2.05, 4.69) is 20.1 Å². The van der Waals surface area contributed by atoms with Gasteiger partial charge in [0, 0.05) is 38.2 Å². The molecule has 0 aromatic rings. The molecule has 56 heavy (non-hydrogen) atoms. The van der Waals surface area contributed by atoms with Crippen LogP contribution in [0.1, 0.15) is 97.3 Å². The van der Waals surface area contributed by atoms with Gasteiger partial charge in [-0.25, -0.2) is 0 Å². The molecule has 8 aliphatic rings. The molecule has 314 valence electrons. The largest absolute Gasteiger partial charge is 0.459 e. The summed E-state index contributed by atoms with van der Waals surface area (Å²) in [6.45, 7) is 12.7. The van der Waals surface area contributed by atoms with Gasteiger partial charge in [0.2, 0.25) is 0 Å². The minimum atomic E-state index is -1.13. The molecule has 8 fully saturated rings. The van der Waals surface area contributed by atoms with Gasteiger partial charge in [0.05, 0.1) is 79.7 Å². The summed E-state index contributed by atoms with van der Waals surface area (Å²) in [7, 11) is 0. The van der Waals surface area contributed by atoms with Crippen molar-refractivity contribution in [3.05, 3.63) is 24.3 Å². The normalized spacial score (nSPS) is 50.5. The van der Waals surface area contributed by atoms with E-state index in [-0.39, 0.29) is 74.3 Å². The molecule has 5 unspecified atom stereocenters. The molecule has 0 aromatic heterocycles. The van der Waals surface area contributed by atoms with E-state index in [9.17, 15) is 30.0 Å². The van der Waals surface area contributed by atoms with Gasteiger partial charge in [0.15, 0.2) is 0 Å². The van der Waals surface area contributed by atoms with E-state index < -0.39 is 91.4 Å². The Labute approximate surface area is 329 Å². The second-order valence-electron chi connectivity index (χ2n) is 17.9. The van der Waals surface area contributed by atoms with Gasteiger partial charge in [-0.2, -0.15) is 0 Å². The van der Waals surface area contributed by atoms with Crippen LogP contribution in [0.2, 0.25) is 0 Å². The van der Waals surface area contributed by atoms with Crippen LogP contribution in [0.4, 0.5) is 0 Å². The first kappa shape index (κ1) is 40.9. The van der Waals surface area contributed by atoms with Crippen molar-refractivity contribution < 1.29 is 67.9 Å². The van der Waals surface area contributed by atoms with Gasteiger partial charge in [-0.05, 0) is 68.4 Å². The number of carbonyl (C=O) groups excluding carboxylic acids is 2. The molecule has 0 amide bonds. The molecule has 8 rings (SSSR count). The van der Waals surface area contributed by atoms with E-state index >= 15 is 0 Å². The Hall–Kier alpha value is -1.82. The second kappa shape index (κ2) is 17.0. The highest BCUT2D eigenvalue weighted by molar-refractivity contribution is 5.79. The van der Waals surface area contributed by atoms with Gasteiger partial charge in [-0.15, -0.1) is 0 Å².